The van der Waals surface area contributed by atoms with E-state index < -0.39 is 0 Å². The van der Waals surface area contributed by atoms with Gasteiger partial charge in [-0.25, -0.2) is 0 Å². The fourth-order valence-corrected chi connectivity index (χ4v) is 2.11. The van der Waals surface area contributed by atoms with Crippen LogP contribution in [0.25, 0.3) is 0 Å². The molecule has 20 heavy (non-hydrogen) atoms. The van der Waals surface area contributed by atoms with E-state index in [4.69, 9.17) is 5.26 Å². The number of aromatic nitrogens is 2. The predicted molar refractivity (Wildman–Crippen MR) is 79.1 cm³/mol. The van der Waals surface area contributed by atoms with Crippen LogP contribution in [0.2, 0.25) is 0 Å². The molecule has 0 spiro atoms. The molecule has 2 aromatic rings. The average Bonchev–Trinajstić information content (AvgIpc) is 2.90. The summed E-state index contributed by atoms with van der Waals surface area (Å²) in [4.78, 5) is 0. The van der Waals surface area contributed by atoms with E-state index in [9.17, 15) is 0 Å². The molecule has 0 saturated carbocycles. The summed E-state index contributed by atoms with van der Waals surface area (Å²) in [7, 11) is 0. The summed E-state index contributed by atoms with van der Waals surface area (Å²) >= 11 is 0. The second-order valence-electron chi connectivity index (χ2n) is 5.18. The summed E-state index contributed by atoms with van der Waals surface area (Å²) in [6, 6.07) is 10.4. The molecule has 0 aliphatic carbocycles. The Hall–Kier alpha value is -2.12. The first-order valence-electron chi connectivity index (χ1n) is 6.84. The molecule has 1 heterocycles. The van der Waals surface area contributed by atoms with E-state index in [1.54, 1.807) is 0 Å². The minimum absolute atomic E-state index is 0.262. The molecule has 0 bridgehead atoms. The van der Waals surface area contributed by atoms with E-state index in [0.717, 1.165) is 11.1 Å². The van der Waals surface area contributed by atoms with Crippen molar-refractivity contribution in [1.29, 1.82) is 5.26 Å². The van der Waals surface area contributed by atoms with Crippen molar-refractivity contribution in [2.45, 2.75) is 39.4 Å². The van der Waals surface area contributed by atoms with Gasteiger partial charge in [0.15, 0.2) is 0 Å². The molecule has 0 unspecified atom stereocenters. The second kappa shape index (κ2) is 6.36. The van der Waals surface area contributed by atoms with Crippen LogP contribution in [-0.2, 0) is 6.54 Å². The molecule has 1 aromatic carbocycles. The maximum atomic E-state index is 9.08. The topological polar surface area (TPSA) is 53.6 Å². The number of nitriles is 1. The van der Waals surface area contributed by atoms with Gasteiger partial charge in [-0.2, -0.15) is 10.4 Å². The third kappa shape index (κ3) is 3.25. The zero-order valence-corrected chi connectivity index (χ0v) is 12.2. The van der Waals surface area contributed by atoms with Crippen LogP contribution in [0.3, 0.4) is 0 Å². The Balaban J connectivity index is 1.98. The van der Waals surface area contributed by atoms with Crippen LogP contribution in [0.1, 0.15) is 36.6 Å². The number of rotatable bonds is 5. The maximum absolute atomic E-state index is 9.08. The highest BCUT2D eigenvalue weighted by molar-refractivity contribution is 5.37. The summed E-state index contributed by atoms with van der Waals surface area (Å²) in [6.07, 6.45) is 3.92. The average molecular weight is 268 g/mol. The molecule has 0 fully saturated rings. The molecule has 0 saturated heterocycles. The van der Waals surface area contributed by atoms with Gasteiger partial charge in [0.25, 0.3) is 0 Å². The lowest BCUT2D eigenvalue weighted by atomic mass is 10.1. The van der Waals surface area contributed by atoms with Crippen LogP contribution in [0.15, 0.2) is 36.7 Å². The van der Waals surface area contributed by atoms with E-state index in [1.807, 2.05) is 48.3 Å². The van der Waals surface area contributed by atoms with Gasteiger partial charge in [0.1, 0.15) is 0 Å². The van der Waals surface area contributed by atoms with E-state index in [-0.39, 0.29) is 12.1 Å². The molecule has 1 aromatic heterocycles. The quantitative estimate of drug-likeness (QED) is 0.907. The number of nitrogens with one attached hydrogen (secondary N) is 1. The van der Waals surface area contributed by atoms with Gasteiger partial charge in [-0.05, 0) is 38.0 Å². The third-order valence-electron chi connectivity index (χ3n) is 3.62. The highest BCUT2D eigenvalue weighted by atomic mass is 15.3. The predicted octanol–water partition coefficient (Wildman–Crippen LogP) is 2.80. The van der Waals surface area contributed by atoms with Gasteiger partial charge in [0.2, 0.25) is 0 Å². The number of benzene rings is 1. The van der Waals surface area contributed by atoms with E-state index >= 15 is 0 Å². The van der Waals surface area contributed by atoms with E-state index in [0.29, 0.717) is 6.54 Å². The largest absolute Gasteiger partial charge is 0.308 e. The van der Waals surface area contributed by atoms with Crippen molar-refractivity contribution in [3.63, 3.8) is 0 Å². The number of nitrogens with zero attached hydrogens (tertiary/aromatic N) is 3. The Kier molecular flexibility index (Phi) is 4.54. The van der Waals surface area contributed by atoms with Crippen LogP contribution < -0.4 is 5.32 Å². The monoisotopic (exact) mass is 268 g/mol. The third-order valence-corrected chi connectivity index (χ3v) is 3.62. The van der Waals surface area contributed by atoms with Crippen LogP contribution >= 0.6 is 0 Å². The number of hydrogen-bond donors (Lipinski definition) is 1. The second-order valence-corrected chi connectivity index (χ2v) is 5.18. The first kappa shape index (κ1) is 14.3. The Morgan fingerprint density at radius 1 is 1.35 bits per heavy atom. The lowest BCUT2D eigenvalue weighted by molar-refractivity contribution is 0.365. The van der Waals surface area contributed by atoms with Gasteiger partial charge in [-0.1, -0.05) is 18.2 Å². The van der Waals surface area contributed by atoms with Crippen molar-refractivity contribution < 1.29 is 0 Å². The lowest BCUT2D eigenvalue weighted by Crippen LogP contribution is -2.33. The zero-order chi connectivity index (χ0) is 14.5. The van der Waals surface area contributed by atoms with Gasteiger partial charge in [-0.15, -0.1) is 0 Å². The molecule has 4 nitrogen and oxygen atoms in total. The molecule has 0 aliphatic heterocycles. The maximum Gasteiger partial charge on any atom is 0.0995 e. The van der Waals surface area contributed by atoms with Gasteiger partial charge >= 0.3 is 0 Å². The van der Waals surface area contributed by atoms with Crippen LogP contribution in [-0.4, -0.2) is 15.8 Å². The summed E-state index contributed by atoms with van der Waals surface area (Å²) in [5, 5.41) is 16.9. The SMILES string of the molecule is Cc1cnn([C@@H](C)[C@@H](C)NCc2ccccc2C#N)c1. The molecule has 4 heteroatoms. The molecule has 2 atom stereocenters. The molecule has 0 amide bonds. The molecule has 0 aliphatic rings. The Morgan fingerprint density at radius 2 is 2.10 bits per heavy atom. The Labute approximate surface area is 120 Å². The van der Waals surface area contributed by atoms with Crippen molar-refractivity contribution in [3.8, 4) is 6.07 Å². The molecule has 0 radical (unpaired) electrons. The molecule has 104 valence electrons. The summed E-state index contributed by atoms with van der Waals surface area (Å²) in [5.74, 6) is 0. The molecular formula is C16H20N4. The smallest absolute Gasteiger partial charge is 0.0995 e. The van der Waals surface area contributed by atoms with E-state index in [1.165, 1.54) is 5.56 Å². The summed E-state index contributed by atoms with van der Waals surface area (Å²) < 4.78 is 1.98. The van der Waals surface area contributed by atoms with Crippen molar-refractivity contribution >= 4 is 0 Å². The Morgan fingerprint density at radius 3 is 2.75 bits per heavy atom. The molecular weight excluding hydrogens is 248 g/mol. The standard InChI is InChI=1S/C16H20N4/c1-12-9-19-20(11-12)14(3)13(2)18-10-16-7-5-4-6-15(16)8-17/h4-7,9,11,13-14,18H,10H2,1-3H3/t13-,14+/m1/s1. The van der Waals surface area contributed by atoms with Crippen LogP contribution in [0.4, 0.5) is 0 Å². The summed E-state index contributed by atoms with van der Waals surface area (Å²) in [6.45, 7) is 7.00. The first-order chi connectivity index (χ1) is 9.61. The normalized spacial score (nSPS) is 13.7. The van der Waals surface area contributed by atoms with Crippen LogP contribution in [0, 0.1) is 18.3 Å². The minimum Gasteiger partial charge on any atom is -0.308 e. The highest BCUT2D eigenvalue weighted by Gasteiger charge is 2.14. The zero-order valence-electron chi connectivity index (χ0n) is 12.2. The molecule has 1 N–H and O–H groups in total. The number of hydrogen-bond acceptors (Lipinski definition) is 3. The van der Waals surface area contributed by atoms with Gasteiger partial charge in [0, 0.05) is 18.8 Å². The first-order valence-corrected chi connectivity index (χ1v) is 6.84. The number of aryl methyl sites for hydroxylation is 1. The molecule has 2 rings (SSSR count). The van der Waals surface area contributed by atoms with Crippen molar-refractivity contribution in [2.75, 3.05) is 0 Å². The van der Waals surface area contributed by atoms with Crippen molar-refractivity contribution in [1.82, 2.24) is 15.1 Å². The van der Waals surface area contributed by atoms with Gasteiger partial charge in [0.05, 0.1) is 23.9 Å². The summed E-state index contributed by atoms with van der Waals surface area (Å²) in [5.41, 5.74) is 2.93. The van der Waals surface area contributed by atoms with Gasteiger partial charge in [-0.3, -0.25) is 4.68 Å². The minimum atomic E-state index is 0.262. The fourth-order valence-electron chi connectivity index (χ4n) is 2.11. The fraction of sp³-hybridized carbons (Fsp3) is 0.375. The van der Waals surface area contributed by atoms with E-state index in [2.05, 4.69) is 30.3 Å². The highest BCUT2D eigenvalue weighted by Crippen LogP contribution is 2.13. The van der Waals surface area contributed by atoms with Crippen molar-refractivity contribution in [2.24, 2.45) is 0 Å². The Bertz CT molecular complexity index is 609. The van der Waals surface area contributed by atoms with Crippen LogP contribution in [0.5, 0.6) is 0 Å². The van der Waals surface area contributed by atoms with Gasteiger partial charge < -0.3 is 5.32 Å². The lowest BCUT2D eigenvalue weighted by Gasteiger charge is -2.22. The van der Waals surface area contributed by atoms with Crippen molar-refractivity contribution in [3.05, 3.63) is 53.3 Å².